The van der Waals surface area contributed by atoms with Crippen LogP contribution in [0.5, 0.6) is 0 Å². The van der Waals surface area contributed by atoms with Gasteiger partial charge in [-0.05, 0) is 0 Å². The first-order chi connectivity index (χ1) is 15.2. The molecule has 5 rings (SSSR count). The zero-order valence-corrected chi connectivity index (χ0v) is 19.9. The normalized spacial score (nSPS) is 16.3. The van der Waals surface area contributed by atoms with Gasteiger partial charge in [-0.15, -0.1) is 0 Å². The van der Waals surface area contributed by atoms with Crippen molar-refractivity contribution in [2.45, 2.75) is 6.10 Å². The molecule has 0 bridgehead atoms. The molecule has 31 heavy (non-hydrogen) atoms. The number of rotatable bonds is 5. The van der Waals surface area contributed by atoms with Gasteiger partial charge in [0.1, 0.15) is 0 Å². The Kier molecular flexibility index (Phi) is 6.04. The minimum absolute atomic E-state index is 0.0115. The number of benzene rings is 4. The van der Waals surface area contributed by atoms with Gasteiger partial charge in [0.25, 0.3) is 0 Å². The van der Waals surface area contributed by atoms with Crippen molar-refractivity contribution in [2.24, 2.45) is 0 Å². The van der Waals surface area contributed by atoms with Crippen LogP contribution in [0.4, 0.5) is 8.78 Å². The average Bonchev–Trinajstić information content (AvgIpc) is 3.18. The zero-order valence-electron chi connectivity index (χ0n) is 16.4. The number of hydrogen-bond acceptors (Lipinski definition) is 1. The van der Waals surface area contributed by atoms with E-state index in [1.54, 1.807) is 0 Å². The van der Waals surface area contributed by atoms with E-state index in [1.165, 1.54) is 44.0 Å². The van der Waals surface area contributed by atoms with Crippen molar-refractivity contribution in [2.75, 3.05) is 6.61 Å². The Morgan fingerprint density at radius 3 is 1.97 bits per heavy atom. The van der Waals surface area contributed by atoms with Crippen LogP contribution < -0.4 is 8.92 Å². The molecule has 0 fully saturated rings. The van der Waals surface area contributed by atoms with Crippen LogP contribution in [-0.2, 0) is 4.74 Å². The molecule has 1 nitrogen and oxygen atoms in total. The second-order valence-electron chi connectivity index (χ2n) is 7.20. The second-order valence-corrected chi connectivity index (χ2v) is 12.0. The third-order valence-corrected chi connectivity index (χ3v) is 10.5. The van der Waals surface area contributed by atoms with Crippen LogP contribution in [0.3, 0.4) is 0 Å². The molecular weight excluding hydrogens is 524 g/mol. The Balaban J connectivity index is 1.52. The van der Waals surface area contributed by atoms with Crippen molar-refractivity contribution in [3.05, 3.63) is 117 Å². The molecule has 1 aliphatic rings. The molecule has 0 amide bonds. The van der Waals surface area contributed by atoms with Crippen LogP contribution >= 0.6 is 0 Å². The summed E-state index contributed by atoms with van der Waals surface area (Å²) in [6.07, 6.45) is -0.105. The molecule has 0 N–H and O–H groups in total. The number of ether oxygens (including phenoxy) is 1. The van der Waals surface area contributed by atoms with Gasteiger partial charge in [0, 0.05) is 0 Å². The average molecular weight is 542 g/mol. The summed E-state index contributed by atoms with van der Waals surface area (Å²) in [6.45, 7) is 0.577. The molecule has 1 aliphatic heterocycles. The summed E-state index contributed by atoms with van der Waals surface area (Å²) >= 11 is 0.0635. The minimum atomic E-state index is -0.224. The summed E-state index contributed by atoms with van der Waals surface area (Å²) in [5.41, 5.74) is 1.14. The van der Waals surface area contributed by atoms with E-state index in [0.29, 0.717) is 6.61 Å². The van der Waals surface area contributed by atoms with Crippen molar-refractivity contribution in [1.29, 1.82) is 0 Å². The summed E-state index contributed by atoms with van der Waals surface area (Å²) in [6, 6.07) is 28.3. The van der Waals surface area contributed by atoms with Gasteiger partial charge < -0.3 is 0 Å². The van der Waals surface area contributed by atoms with Crippen molar-refractivity contribution >= 4 is 49.6 Å². The van der Waals surface area contributed by atoms with Crippen LogP contribution in [0.25, 0.3) is 10.8 Å². The molecule has 1 heterocycles. The van der Waals surface area contributed by atoms with Gasteiger partial charge in [0.15, 0.2) is 0 Å². The topological polar surface area (TPSA) is 9.23 Å². The van der Waals surface area contributed by atoms with Crippen molar-refractivity contribution < 1.29 is 13.5 Å². The maximum atomic E-state index is 13.4. The fraction of sp³-hybridized carbons (Fsp3) is 0.0769. The maximum absolute atomic E-state index is 13.4. The quantitative estimate of drug-likeness (QED) is 0.339. The van der Waals surface area contributed by atoms with Crippen LogP contribution in [0.1, 0.15) is 11.7 Å². The first-order valence-electron chi connectivity index (χ1n) is 9.86. The fourth-order valence-corrected chi connectivity index (χ4v) is 8.43. The van der Waals surface area contributed by atoms with E-state index in [2.05, 4.69) is 30.3 Å². The fourth-order valence-electron chi connectivity index (χ4n) is 3.54. The number of fused-ring (bicyclic) bond motifs is 1. The number of hydrogen-bond donors (Lipinski definition) is 0. The van der Waals surface area contributed by atoms with E-state index in [9.17, 15) is 8.78 Å². The standard InChI is InChI=1S/C26H18F2OSe2/c27-20-7-11-22(12-8-20)30-24-16-29-25(26(24)31-23-13-9-21(28)10-14-23)19-6-5-17-3-1-2-4-18(17)15-19/h1-15,25H,16H2. The molecule has 154 valence electrons. The van der Waals surface area contributed by atoms with Crippen LogP contribution in [0.2, 0.25) is 0 Å². The molecular formula is C26H18F2OSe2. The van der Waals surface area contributed by atoms with E-state index < -0.39 is 0 Å². The molecule has 5 heteroatoms. The third kappa shape index (κ3) is 4.67. The van der Waals surface area contributed by atoms with E-state index in [0.717, 1.165) is 14.5 Å². The molecule has 4 aromatic rings. The van der Waals surface area contributed by atoms with Crippen molar-refractivity contribution in [1.82, 2.24) is 0 Å². The van der Waals surface area contributed by atoms with E-state index in [4.69, 9.17) is 4.74 Å². The van der Waals surface area contributed by atoms with Crippen LogP contribution in [0.15, 0.2) is 99.9 Å². The van der Waals surface area contributed by atoms with Gasteiger partial charge in [-0.3, -0.25) is 0 Å². The Bertz CT molecular complexity index is 1250. The molecule has 0 saturated carbocycles. The Morgan fingerprint density at radius 1 is 0.677 bits per heavy atom. The monoisotopic (exact) mass is 544 g/mol. The predicted octanol–water partition coefficient (Wildman–Crippen LogP) is 4.46. The van der Waals surface area contributed by atoms with Gasteiger partial charge in [-0.2, -0.15) is 0 Å². The van der Waals surface area contributed by atoms with Gasteiger partial charge in [0.05, 0.1) is 0 Å². The van der Waals surface area contributed by atoms with Gasteiger partial charge in [-0.1, -0.05) is 0 Å². The number of halogens is 2. The van der Waals surface area contributed by atoms with E-state index in [-0.39, 0.29) is 47.7 Å². The molecule has 0 saturated heterocycles. The molecule has 0 aliphatic carbocycles. The molecule has 0 radical (unpaired) electrons. The summed E-state index contributed by atoms with van der Waals surface area (Å²) < 4.78 is 37.9. The molecule has 1 atom stereocenters. The Morgan fingerprint density at radius 2 is 1.29 bits per heavy atom. The van der Waals surface area contributed by atoms with E-state index in [1.807, 2.05) is 36.4 Å². The molecule has 1 unspecified atom stereocenters. The Labute approximate surface area is 192 Å². The summed E-state index contributed by atoms with van der Waals surface area (Å²) in [4.78, 5) is 0. The molecule has 0 spiro atoms. The SMILES string of the molecule is Fc1ccc([Se]C2=C([Se]c3ccc(F)cc3)C(c3ccc4ccccc4c3)OC2)cc1. The van der Waals surface area contributed by atoms with E-state index >= 15 is 0 Å². The van der Waals surface area contributed by atoms with Gasteiger partial charge in [0.2, 0.25) is 0 Å². The first kappa shape index (κ1) is 20.6. The third-order valence-electron chi connectivity index (χ3n) is 5.07. The van der Waals surface area contributed by atoms with Gasteiger partial charge >= 0.3 is 193 Å². The zero-order chi connectivity index (χ0) is 21.2. The summed E-state index contributed by atoms with van der Waals surface area (Å²) in [5, 5.41) is 2.39. The molecule has 0 aromatic heterocycles. The summed E-state index contributed by atoms with van der Waals surface area (Å²) in [7, 11) is 0. The van der Waals surface area contributed by atoms with Gasteiger partial charge in [-0.25, -0.2) is 0 Å². The van der Waals surface area contributed by atoms with Crippen LogP contribution in [-0.4, -0.2) is 36.5 Å². The Hall–Kier alpha value is -2.26. The second kappa shape index (κ2) is 9.08. The first-order valence-corrected chi connectivity index (χ1v) is 13.3. The predicted molar refractivity (Wildman–Crippen MR) is 123 cm³/mol. The summed E-state index contributed by atoms with van der Waals surface area (Å²) in [5.74, 6) is -0.445. The van der Waals surface area contributed by atoms with Crippen molar-refractivity contribution in [3.8, 4) is 0 Å². The van der Waals surface area contributed by atoms with Crippen molar-refractivity contribution in [3.63, 3.8) is 0 Å². The van der Waals surface area contributed by atoms with Crippen LogP contribution in [0, 0.1) is 11.6 Å². The molecule has 4 aromatic carbocycles.